The first-order valence-electron chi connectivity index (χ1n) is 14.3. The van der Waals surface area contributed by atoms with Gasteiger partial charge >= 0.3 is 0 Å². The molecule has 0 fully saturated rings. The number of benzene rings is 2. The van der Waals surface area contributed by atoms with Crippen LogP contribution in [0.1, 0.15) is 90.2 Å². The Balaban J connectivity index is 2.00. The van der Waals surface area contributed by atoms with Gasteiger partial charge in [-0.05, 0) is 86.1 Å². The summed E-state index contributed by atoms with van der Waals surface area (Å²) in [7, 11) is 0. The molecule has 0 heterocycles. The molecule has 0 aliphatic rings. The minimum atomic E-state index is -0.781. The summed E-state index contributed by atoms with van der Waals surface area (Å²) >= 11 is 0. The van der Waals surface area contributed by atoms with E-state index in [0.717, 1.165) is 88.9 Å². The van der Waals surface area contributed by atoms with E-state index < -0.39 is 11.6 Å². The summed E-state index contributed by atoms with van der Waals surface area (Å²) in [6, 6.07) is 15.8. The predicted molar refractivity (Wildman–Crippen MR) is 161 cm³/mol. The number of nitrogens with zero attached hydrogens (tertiary/aromatic N) is 2. The molecule has 4 nitrogen and oxygen atoms in total. The van der Waals surface area contributed by atoms with Crippen molar-refractivity contribution < 1.29 is 9.59 Å². The first kappa shape index (κ1) is 30.7. The Kier molecular flexibility index (Phi) is 14.4. The van der Waals surface area contributed by atoms with Crippen molar-refractivity contribution in [3.8, 4) is 23.7 Å². The number of rotatable bonds is 15. The lowest BCUT2D eigenvalue weighted by atomic mass is 10.1. The number of anilines is 2. The molecule has 4 heteroatoms. The van der Waals surface area contributed by atoms with Crippen molar-refractivity contribution in [1.29, 1.82) is 0 Å². The fraction of sp³-hybridized carbons (Fsp3) is 0.471. The molecule has 38 heavy (non-hydrogen) atoms. The molecule has 0 aliphatic heterocycles. The van der Waals surface area contributed by atoms with Crippen LogP contribution in [0.25, 0.3) is 0 Å². The third-order valence-electron chi connectivity index (χ3n) is 6.44. The molecule has 0 saturated heterocycles. The molecule has 0 atom stereocenters. The molecule has 0 N–H and O–H groups in total. The van der Waals surface area contributed by atoms with Crippen LogP contribution in [0.3, 0.4) is 0 Å². The molecule has 2 aromatic carbocycles. The van der Waals surface area contributed by atoms with Crippen LogP contribution in [0.2, 0.25) is 0 Å². The Labute approximate surface area is 230 Å². The van der Waals surface area contributed by atoms with Crippen LogP contribution >= 0.6 is 0 Å². The molecule has 0 amide bonds. The van der Waals surface area contributed by atoms with Crippen LogP contribution in [0.5, 0.6) is 0 Å². The highest BCUT2D eigenvalue weighted by atomic mass is 16.2. The number of hydrogen-bond donors (Lipinski definition) is 0. The van der Waals surface area contributed by atoms with Gasteiger partial charge in [-0.3, -0.25) is 9.59 Å². The molecule has 2 aromatic rings. The highest BCUT2D eigenvalue weighted by molar-refractivity contribution is 6.49. The topological polar surface area (TPSA) is 40.6 Å². The van der Waals surface area contributed by atoms with Crippen LogP contribution in [0.15, 0.2) is 48.5 Å². The van der Waals surface area contributed by atoms with Crippen LogP contribution in [-0.2, 0) is 9.59 Å². The molecular formula is C34H44N2O2. The fourth-order valence-electron chi connectivity index (χ4n) is 4.02. The summed E-state index contributed by atoms with van der Waals surface area (Å²) in [5.74, 6) is 8.98. The van der Waals surface area contributed by atoms with Gasteiger partial charge in [-0.25, -0.2) is 0 Å². The fourth-order valence-corrected chi connectivity index (χ4v) is 4.02. The maximum Gasteiger partial charge on any atom is 0.285 e. The van der Waals surface area contributed by atoms with Crippen LogP contribution in [0, 0.1) is 23.7 Å². The third-order valence-corrected chi connectivity index (χ3v) is 6.44. The smallest absolute Gasteiger partial charge is 0.285 e. The molecule has 0 bridgehead atoms. The van der Waals surface area contributed by atoms with E-state index in [1.54, 1.807) is 0 Å². The summed E-state index contributed by atoms with van der Waals surface area (Å²) in [6.45, 7) is 12.9. The molecular weight excluding hydrogens is 468 g/mol. The summed E-state index contributed by atoms with van der Waals surface area (Å²) in [5.41, 5.74) is 3.74. The van der Waals surface area contributed by atoms with Crippen molar-refractivity contribution in [3.63, 3.8) is 0 Å². The quantitative estimate of drug-likeness (QED) is 0.190. The van der Waals surface area contributed by atoms with E-state index in [-0.39, 0.29) is 0 Å². The Hall–Kier alpha value is -3.50. The SMILES string of the molecule is CCCCN(CCCC)c1ccc(C#CC(=O)C(=O)C#Cc2ccc(N(CCCC)CCCC)cc2)cc1. The normalized spacial score (nSPS) is 10.1. The van der Waals surface area contributed by atoms with E-state index in [4.69, 9.17) is 0 Å². The second-order valence-electron chi connectivity index (χ2n) is 9.64. The predicted octanol–water partition coefficient (Wildman–Crippen LogP) is 7.04. The van der Waals surface area contributed by atoms with E-state index in [9.17, 15) is 9.59 Å². The molecule has 0 unspecified atom stereocenters. The third kappa shape index (κ3) is 10.9. The number of Topliss-reactive ketones (excluding diaryl/α,β-unsaturated/α-hetero) is 2. The minimum Gasteiger partial charge on any atom is -0.372 e. The van der Waals surface area contributed by atoms with Gasteiger partial charge in [-0.15, -0.1) is 0 Å². The van der Waals surface area contributed by atoms with Gasteiger partial charge in [0, 0.05) is 48.7 Å². The van der Waals surface area contributed by atoms with Crippen molar-refractivity contribution in [2.24, 2.45) is 0 Å². The Bertz CT molecular complexity index is 1000. The molecule has 0 aliphatic carbocycles. The minimum absolute atomic E-state index is 0.708. The lowest BCUT2D eigenvalue weighted by Gasteiger charge is -2.24. The van der Waals surface area contributed by atoms with Gasteiger partial charge in [-0.1, -0.05) is 65.2 Å². The standard InChI is InChI=1S/C34H44N2O2/c1-5-9-25-35(26-10-6-2)31-19-13-29(14-20-31)17-23-33(37)34(38)24-18-30-15-21-32(22-16-30)36(27-11-7-3)28-12-8-4/h13-16,19-22H,5-12,25-28H2,1-4H3. The monoisotopic (exact) mass is 512 g/mol. The molecule has 202 valence electrons. The number of unbranched alkanes of at least 4 members (excludes halogenated alkanes) is 4. The van der Waals surface area contributed by atoms with Gasteiger partial charge in [0.15, 0.2) is 0 Å². The van der Waals surface area contributed by atoms with E-state index in [1.807, 2.05) is 48.5 Å². The average molecular weight is 513 g/mol. The highest BCUT2D eigenvalue weighted by Gasteiger charge is 2.09. The van der Waals surface area contributed by atoms with Crippen molar-refractivity contribution in [3.05, 3.63) is 59.7 Å². The Morgan fingerprint density at radius 3 is 1.08 bits per heavy atom. The van der Waals surface area contributed by atoms with Crippen LogP contribution in [0.4, 0.5) is 11.4 Å². The summed E-state index contributed by atoms with van der Waals surface area (Å²) in [4.78, 5) is 29.3. The maximum atomic E-state index is 12.3. The van der Waals surface area contributed by atoms with E-state index in [1.165, 1.54) is 0 Å². The lowest BCUT2D eigenvalue weighted by molar-refractivity contribution is -0.129. The lowest BCUT2D eigenvalue weighted by Crippen LogP contribution is -2.25. The summed E-state index contributed by atoms with van der Waals surface area (Å²) in [6.07, 6.45) is 9.26. The average Bonchev–Trinajstić information content (AvgIpc) is 2.95. The van der Waals surface area contributed by atoms with E-state index in [0.29, 0.717) is 11.1 Å². The second kappa shape index (κ2) is 17.9. The van der Waals surface area contributed by atoms with Gasteiger partial charge in [0.05, 0.1) is 0 Å². The number of ketones is 2. The zero-order chi connectivity index (χ0) is 27.6. The Morgan fingerprint density at radius 2 is 0.816 bits per heavy atom. The molecule has 0 aromatic heterocycles. The first-order valence-corrected chi connectivity index (χ1v) is 14.3. The van der Waals surface area contributed by atoms with Crippen molar-refractivity contribution >= 4 is 22.9 Å². The van der Waals surface area contributed by atoms with Gasteiger partial charge < -0.3 is 9.80 Å². The van der Waals surface area contributed by atoms with E-state index >= 15 is 0 Å². The zero-order valence-electron chi connectivity index (χ0n) is 23.8. The van der Waals surface area contributed by atoms with Crippen molar-refractivity contribution in [2.45, 2.75) is 79.1 Å². The molecule has 0 radical (unpaired) electrons. The van der Waals surface area contributed by atoms with Gasteiger partial charge in [0.1, 0.15) is 0 Å². The van der Waals surface area contributed by atoms with E-state index in [2.05, 4.69) is 61.2 Å². The van der Waals surface area contributed by atoms with Gasteiger partial charge in [0.25, 0.3) is 11.6 Å². The number of carbonyl (C=O) groups excluding carboxylic acids is 2. The molecule has 0 spiro atoms. The largest absolute Gasteiger partial charge is 0.372 e. The Morgan fingerprint density at radius 1 is 0.526 bits per heavy atom. The summed E-state index contributed by atoms with van der Waals surface area (Å²) in [5, 5.41) is 0. The maximum absolute atomic E-state index is 12.3. The highest BCUT2D eigenvalue weighted by Crippen LogP contribution is 2.18. The molecule has 2 rings (SSSR count). The number of carbonyl (C=O) groups is 2. The first-order chi connectivity index (χ1) is 18.5. The molecule has 0 saturated carbocycles. The second-order valence-corrected chi connectivity index (χ2v) is 9.64. The van der Waals surface area contributed by atoms with Gasteiger partial charge in [-0.2, -0.15) is 0 Å². The van der Waals surface area contributed by atoms with Gasteiger partial charge in [0.2, 0.25) is 0 Å². The zero-order valence-corrected chi connectivity index (χ0v) is 23.8. The van der Waals surface area contributed by atoms with Crippen molar-refractivity contribution in [1.82, 2.24) is 0 Å². The number of hydrogen-bond acceptors (Lipinski definition) is 4. The van der Waals surface area contributed by atoms with Crippen molar-refractivity contribution in [2.75, 3.05) is 36.0 Å². The summed E-state index contributed by atoms with van der Waals surface area (Å²) < 4.78 is 0. The van der Waals surface area contributed by atoms with Crippen LogP contribution < -0.4 is 9.80 Å². The van der Waals surface area contributed by atoms with Crippen LogP contribution in [-0.4, -0.2) is 37.7 Å².